The highest BCUT2D eigenvalue weighted by Gasteiger charge is 2.22. The molecule has 0 saturated heterocycles. The average Bonchev–Trinajstić information content (AvgIpc) is 3.08. The Bertz CT molecular complexity index is 726. The van der Waals surface area contributed by atoms with Crippen LogP contribution in [0.2, 0.25) is 0 Å². The first-order valence-electron chi connectivity index (χ1n) is 7.96. The highest BCUT2D eigenvalue weighted by Crippen LogP contribution is 2.20. The van der Waals surface area contributed by atoms with Crippen LogP contribution >= 0.6 is 0 Å². The summed E-state index contributed by atoms with van der Waals surface area (Å²) in [6.45, 7) is 3.96. The highest BCUT2D eigenvalue weighted by molar-refractivity contribution is 5.83. The van der Waals surface area contributed by atoms with Crippen molar-refractivity contribution in [3.63, 3.8) is 0 Å². The Balaban J connectivity index is 1.95. The van der Waals surface area contributed by atoms with E-state index in [0.29, 0.717) is 18.3 Å². The molecule has 1 heterocycles. The Hall–Kier alpha value is -2.90. The summed E-state index contributed by atoms with van der Waals surface area (Å²) < 4.78 is 10.5. The van der Waals surface area contributed by atoms with Crippen molar-refractivity contribution in [1.82, 2.24) is 15.0 Å². The van der Waals surface area contributed by atoms with Crippen LogP contribution in [0, 0.1) is 0 Å². The van der Waals surface area contributed by atoms with E-state index in [0.717, 1.165) is 11.3 Å². The molecule has 25 heavy (non-hydrogen) atoms. The number of benzene rings is 1. The number of aliphatic carboxylic acids is 1. The van der Waals surface area contributed by atoms with Crippen molar-refractivity contribution in [2.45, 2.75) is 32.7 Å². The van der Waals surface area contributed by atoms with Gasteiger partial charge in [-0.15, -0.1) is 0 Å². The Morgan fingerprint density at radius 2 is 2.00 bits per heavy atom. The SMILES string of the molecule is CCOc1ccc(-c2noc(CCC(=O)N(C)C(C)C(=O)O)n2)cc1. The van der Waals surface area contributed by atoms with Crippen LogP contribution in [0.5, 0.6) is 5.75 Å². The maximum absolute atomic E-state index is 12.0. The molecule has 1 unspecified atom stereocenters. The monoisotopic (exact) mass is 347 g/mol. The standard InChI is InChI=1S/C17H21N3O5/c1-4-24-13-7-5-12(6-8-13)16-18-14(25-19-16)9-10-15(21)20(3)11(2)17(22)23/h5-8,11H,4,9-10H2,1-3H3,(H,22,23). The number of ether oxygens (including phenoxy) is 1. The van der Waals surface area contributed by atoms with Gasteiger partial charge in [0.25, 0.3) is 0 Å². The smallest absolute Gasteiger partial charge is 0.326 e. The average molecular weight is 347 g/mol. The molecule has 0 aliphatic heterocycles. The van der Waals surface area contributed by atoms with Crippen LogP contribution in [0.1, 0.15) is 26.2 Å². The topological polar surface area (TPSA) is 106 Å². The van der Waals surface area contributed by atoms with Crippen LogP contribution in [-0.4, -0.2) is 51.7 Å². The molecule has 8 heteroatoms. The van der Waals surface area contributed by atoms with E-state index in [2.05, 4.69) is 10.1 Å². The summed E-state index contributed by atoms with van der Waals surface area (Å²) in [6, 6.07) is 6.41. The third kappa shape index (κ3) is 4.79. The Morgan fingerprint density at radius 1 is 1.32 bits per heavy atom. The second-order valence-electron chi connectivity index (χ2n) is 5.49. The molecule has 2 rings (SSSR count). The molecule has 0 aliphatic rings. The zero-order chi connectivity index (χ0) is 18.4. The second kappa shape index (κ2) is 8.27. The zero-order valence-electron chi connectivity index (χ0n) is 14.4. The van der Waals surface area contributed by atoms with Gasteiger partial charge in [-0.1, -0.05) is 5.16 Å². The number of carbonyl (C=O) groups is 2. The van der Waals surface area contributed by atoms with Crippen LogP contribution in [0.15, 0.2) is 28.8 Å². The molecular formula is C17H21N3O5. The van der Waals surface area contributed by atoms with Crippen LogP contribution in [-0.2, 0) is 16.0 Å². The zero-order valence-corrected chi connectivity index (χ0v) is 14.4. The lowest BCUT2D eigenvalue weighted by molar-refractivity contribution is -0.148. The van der Waals surface area contributed by atoms with E-state index >= 15 is 0 Å². The Morgan fingerprint density at radius 3 is 2.60 bits per heavy atom. The van der Waals surface area contributed by atoms with Gasteiger partial charge in [-0.2, -0.15) is 4.98 Å². The quantitative estimate of drug-likeness (QED) is 0.778. The van der Waals surface area contributed by atoms with Crippen molar-refractivity contribution in [1.29, 1.82) is 0 Å². The predicted molar refractivity (Wildman–Crippen MR) is 89.1 cm³/mol. The summed E-state index contributed by atoms with van der Waals surface area (Å²) >= 11 is 0. The van der Waals surface area contributed by atoms with E-state index in [1.807, 2.05) is 31.2 Å². The summed E-state index contributed by atoms with van der Waals surface area (Å²) in [7, 11) is 1.46. The number of carboxylic acid groups (broad SMARTS) is 1. The summed E-state index contributed by atoms with van der Waals surface area (Å²) in [5.41, 5.74) is 0.779. The van der Waals surface area contributed by atoms with Gasteiger partial charge < -0.3 is 19.3 Å². The number of hydrogen-bond donors (Lipinski definition) is 1. The second-order valence-corrected chi connectivity index (χ2v) is 5.49. The Labute approximate surface area is 145 Å². The molecule has 0 radical (unpaired) electrons. The molecule has 0 saturated carbocycles. The molecule has 0 aliphatic carbocycles. The first-order chi connectivity index (χ1) is 11.9. The fraction of sp³-hybridized carbons (Fsp3) is 0.412. The minimum atomic E-state index is -1.05. The number of amides is 1. The minimum Gasteiger partial charge on any atom is -0.494 e. The lowest BCUT2D eigenvalue weighted by atomic mass is 10.2. The normalized spacial score (nSPS) is 11.8. The number of aromatic nitrogens is 2. The van der Waals surface area contributed by atoms with Gasteiger partial charge >= 0.3 is 5.97 Å². The number of carboxylic acids is 1. The molecule has 0 bridgehead atoms. The fourth-order valence-electron chi connectivity index (χ4n) is 2.11. The largest absolute Gasteiger partial charge is 0.494 e. The van der Waals surface area contributed by atoms with E-state index in [1.54, 1.807) is 0 Å². The van der Waals surface area contributed by atoms with Gasteiger partial charge in [0, 0.05) is 25.5 Å². The molecule has 2 aromatic rings. The van der Waals surface area contributed by atoms with E-state index < -0.39 is 12.0 Å². The van der Waals surface area contributed by atoms with Crippen LogP contribution in [0.3, 0.4) is 0 Å². The Kier molecular flexibility index (Phi) is 6.10. The van der Waals surface area contributed by atoms with Crippen molar-refractivity contribution >= 4 is 11.9 Å². The number of hydrogen-bond acceptors (Lipinski definition) is 6. The molecule has 1 N–H and O–H groups in total. The van der Waals surface area contributed by atoms with Gasteiger partial charge in [-0.3, -0.25) is 4.79 Å². The molecule has 134 valence electrons. The third-order valence-corrected chi connectivity index (χ3v) is 3.78. The molecule has 1 aromatic heterocycles. The summed E-state index contributed by atoms with van der Waals surface area (Å²) in [5.74, 6) is 0.171. The molecule has 0 fully saturated rings. The lowest BCUT2D eigenvalue weighted by Gasteiger charge is -2.20. The molecular weight excluding hydrogens is 326 g/mol. The van der Waals surface area contributed by atoms with Gasteiger partial charge in [0.05, 0.1) is 6.61 Å². The number of nitrogens with zero attached hydrogens (tertiary/aromatic N) is 3. The van der Waals surface area contributed by atoms with Gasteiger partial charge in [-0.25, -0.2) is 4.79 Å². The van der Waals surface area contributed by atoms with Crippen LogP contribution in [0.25, 0.3) is 11.4 Å². The molecule has 0 spiro atoms. The van der Waals surface area contributed by atoms with Crippen molar-refractivity contribution < 1.29 is 24.0 Å². The summed E-state index contributed by atoms with van der Waals surface area (Å²) in [4.78, 5) is 28.3. The van der Waals surface area contributed by atoms with Crippen molar-refractivity contribution in [2.24, 2.45) is 0 Å². The molecule has 1 amide bonds. The maximum atomic E-state index is 12.0. The van der Waals surface area contributed by atoms with Gasteiger partial charge in [0.15, 0.2) is 0 Å². The minimum absolute atomic E-state index is 0.0963. The maximum Gasteiger partial charge on any atom is 0.326 e. The van der Waals surface area contributed by atoms with Crippen molar-refractivity contribution in [3.05, 3.63) is 30.2 Å². The first-order valence-corrected chi connectivity index (χ1v) is 7.96. The van der Waals surface area contributed by atoms with Gasteiger partial charge in [0.2, 0.25) is 17.6 Å². The van der Waals surface area contributed by atoms with Crippen molar-refractivity contribution in [2.75, 3.05) is 13.7 Å². The van der Waals surface area contributed by atoms with E-state index in [1.165, 1.54) is 18.9 Å². The molecule has 8 nitrogen and oxygen atoms in total. The third-order valence-electron chi connectivity index (χ3n) is 3.78. The van der Waals surface area contributed by atoms with E-state index in [4.69, 9.17) is 14.4 Å². The number of carbonyl (C=O) groups excluding carboxylic acids is 1. The molecule has 1 aromatic carbocycles. The fourth-order valence-corrected chi connectivity index (χ4v) is 2.11. The van der Waals surface area contributed by atoms with Gasteiger partial charge in [-0.05, 0) is 38.1 Å². The first kappa shape index (κ1) is 18.4. The van der Waals surface area contributed by atoms with Crippen LogP contribution < -0.4 is 4.74 Å². The number of aryl methyl sites for hydroxylation is 1. The number of likely N-dealkylation sites (N-methyl/N-ethyl adjacent to an activating group) is 1. The summed E-state index contributed by atoms with van der Waals surface area (Å²) in [5, 5.41) is 12.8. The van der Waals surface area contributed by atoms with E-state index in [-0.39, 0.29) is 18.7 Å². The van der Waals surface area contributed by atoms with Gasteiger partial charge in [0.1, 0.15) is 11.8 Å². The predicted octanol–water partition coefficient (Wildman–Crippen LogP) is 2.00. The summed E-state index contributed by atoms with van der Waals surface area (Å²) in [6.07, 6.45) is 0.346. The lowest BCUT2D eigenvalue weighted by Crippen LogP contribution is -2.40. The van der Waals surface area contributed by atoms with E-state index in [9.17, 15) is 9.59 Å². The van der Waals surface area contributed by atoms with Crippen molar-refractivity contribution in [3.8, 4) is 17.1 Å². The number of rotatable bonds is 8. The van der Waals surface area contributed by atoms with Crippen LogP contribution in [0.4, 0.5) is 0 Å². The molecule has 1 atom stereocenters. The highest BCUT2D eigenvalue weighted by atomic mass is 16.5.